The zero-order valence-electron chi connectivity index (χ0n) is 11.5. The molecule has 3 heteroatoms. The first-order chi connectivity index (χ1) is 7.83. The SMILES string of the molecule is CC(CCC[C@@H]1C[C@H]1CO)C(=O)OC(C)(C)C. The van der Waals surface area contributed by atoms with Crippen molar-refractivity contribution in [3.05, 3.63) is 0 Å². The minimum absolute atomic E-state index is 0.0134. The normalized spacial score (nSPS) is 25.5. The number of esters is 1. The summed E-state index contributed by atoms with van der Waals surface area (Å²) in [5, 5.41) is 8.93. The standard InChI is InChI=1S/C14H26O3/c1-10(13(16)17-14(2,3)4)6-5-7-11-8-12(11)9-15/h10-12,15H,5-9H2,1-4H3/t10?,11-,12+/m1/s1. The molecule has 1 saturated carbocycles. The van der Waals surface area contributed by atoms with Crippen molar-refractivity contribution in [3.8, 4) is 0 Å². The third-order valence-electron chi connectivity index (χ3n) is 3.32. The van der Waals surface area contributed by atoms with Crippen LogP contribution in [0.1, 0.15) is 53.4 Å². The van der Waals surface area contributed by atoms with Gasteiger partial charge in [0.15, 0.2) is 0 Å². The summed E-state index contributed by atoms with van der Waals surface area (Å²) in [5.41, 5.74) is -0.385. The second-order valence-electron chi connectivity index (χ2n) is 6.30. The molecule has 0 aromatic heterocycles. The molecule has 0 radical (unpaired) electrons. The molecular weight excluding hydrogens is 216 g/mol. The van der Waals surface area contributed by atoms with Gasteiger partial charge in [0.2, 0.25) is 0 Å². The molecule has 1 aliphatic rings. The van der Waals surface area contributed by atoms with Gasteiger partial charge in [-0.05, 0) is 45.4 Å². The van der Waals surface area contributed by atoms with Crippen LogP contribution in [0, 0.1) is 17.8 Å². The maximum Gasteiger partial charge on any atom is 0.309 e. The van der Waals surface area contributed by atoms with E-state index in [1.807, 2.05) is 27.7 Å². The molecule has 0 saturated heterocycles. The highest BCUT2D eigenvalue weighted by Gasteiger charge is 2.35. The van der Waals surface area contributed by atoms with Crippen LogP contribution >= 0.6 is 0 Å². The third kappa shape index (κ3) is 5.53. The fourth-order valence-corrected chi connectivity index (χ4v) is 2.09. The second kappa shape index (κ2) is 5.85. The van der Waals surface area contributed by atoms with Crippen molar-refractivity contribution < 1.29 is 14.6 Å². The smallest absolute Gasteiger partial charge is 0.309 e. The van der Waals surface area contributed by atoms with Crippen LogP contribution in [0.25, 0.3) is 0 Å². The Labute approximate surface area is 105 Å². The van der Waals surface area contributed by atoms with Gasteiger partial charge in [0.05, 0.1) is 5.92 Å². The molecule has 100 valence electrons. The molecule has 0 heterocycles. The number of carbonyl (C=O) groups is 1. The number of carbonyl (C=O) groups excluding carboxylic acids is 1. The number of aliphatic hydroxyl groups excluding tert-OH is 1. The fraction of sp³-hybridized carbons (Fsp3) is 0.929. The van der Waals surface area contributed by atoms with Crippen LogP contribution in [0.15, 0.2) is 0 Å². The number of hydrogen-bond donors (Lipinski definition) is 1. The summed E-state index contributed by atoms with van der Waals surface area (Å²) in [4.78, 5) is 11.7. The van der Waals surface area contributed by atoms with Crippen LogP contribution < -0.4 is 0 Å². The van der Waals surface area contributed by atoms with E-state index in [1.165, 1.54) is 0 Å². The van der Waals surface area contributed by atoms with E-state index in [2.05, 4.69) is 0 Å². The molecule has 17 heavy (non-hydrogen) atoms. The summed E-state index contributed by atoms with van der Waals surface area (Å²) < 4.78 is 5.34. The van der Waals surface area contributed by atoms with Gasteiger partial charge >= 0.3 is 5.97 Å². The van der Waals surface area contributed by atoms with Crippen molar-refractivity contribution >= 4 is 5.97 Å². The summed E-state index contributed by atoms with van der Waals surface area (Å²) in [6.07, 6.45) is 4.25. The van der Waals surface area contributed by atoms with Crippen LogP contribution in [0.5, 0.6) is 0 Å². The lowest BCUT2D eigenvalue weighted by molar-refractivity contribution is -0.159. The van der Waals surface area contributed by atoms with E-state index in [4.69, 9.17) is 9.84 Å². The Hall–Kier alpha value is -0.570. The van der Waals surface area contributed by atoms with Gasteiger partial charge in [-0.15, -0.1) is 0 Å². The van der Waals surface area contributed by atoms with Gasteiger partial charge < -0.3 is 9.84 Å². The highest BCUT2D eigenvalue weighted by molar-refractivity contribution is 5.72. The van der Waals surface area contributed by atoms with Crippen LogP contribution in [0.4, 0.5) is 0 Å². The molecule has 0 aliphatic heterocycles. The van der Waals surface area contributed by atoms with Gasteiger partial charge in [0.25, 0.3) is 0 Å². The Balaban J connectivity index is 2.12. The molecule has 0 spiro atoms. The molecule has 0 bridgehead atoms. The lowest BCUT2D eigenvalue weighted by Gasteiger charge is -2.22. The highest BCUT2D eigenvalue weighted by atomic mass is 16.6. The minimum Gasteiger partial charge on any atom is -0.460 e. The van der Waals surface area contributed by atoms with Gasteiger partial charge in [-0.2, -0.15) is 0 Å². The lowest BCUT2D eigenvalue weighted by atomic mass is 10.0. The molecule has 3 nitrogen and oxygen atoms in total. The Bertz CT molecular complexity index is 255. The molecule has 1 aliphatic carbocycles. The van der Waals surface area contributed by atoms with E-state index in [-0.39, 0.29) is 17.5 Å². The van der Waals surface area contributed by atoms with E-state index in [1.54, 1.807) is 0 Å². The maximum absolute atomic E-state index is 11.7. The van der Waals surface area contributed by atoms with E-state index in [0.717, 1.165) is 25.7 Å². The van der Waals surface area contributed by atoms with Crippen LogP contribution in [0.3, 0.4) is 0 Å². The van der Waals surface area contributed by atoms with Crippen LogP contribution in [0.2, 0.25) is 0 Å². The van der Waals surface area contributed by atoms with Crippen LogP contribution in [-0.4, -0.2) is 23.3 Å². The van der Waals surface area contributed by atoms with E-state index in [9.17, 15) is 4.79 Å². The number of aliphatic hydroxyl groups is 1. The first kappa shape index (κ1) is 14.5. The maximum atomic E-state index is 11.7. The fourth-order valence-electron chi connectivity index (χ4n) is 2.09. The predicted octanol–water partition coefficient (Wildman–Crippen LogP) is 2.76. The molecule has 1 fully saturated rings. The monoisotopic (exact) mass is 242 g/mol. The predicted molar refractivity (Wildman–Crippen MR) is 67.5 cm³/mol. The minimum atomic E-state index is -0.385. The van der Waals surface area contributed by atoms with Gasteiger partial charge in [-0.1, -0.05) is 19.8 Å². The molecular formula is C14H26O3. The summed E-state index contributed by atoms with van der Waals surface area (Å²) in [5.74, 6) is 1.13. The third-order valence-corrected chi connectivity index (χ3v) is 3.32. The second-order valence-corrected chi connectivity index (χ2v) is 6.30. The van der Waals surface area contributed by atoms with Crippen molar-refractivity contribution in [2.75, 3.05) is 6.61 Å². The number of ether oxygens (including phenoxy) is 1. The number of rotatable bonds is 6. The van der Waals surface area contributed by atoms with Crippen LogP contribution in [-0.2, 0) is 9.53 Å². The molecule has 0 aromatic rings. The Morgan fingerprint density at radius 3 is 2.53 bits per heavy atom. The summed E-state index contributed by atoms with van der Waals surface area (Å²) in [7, 11) is 0. The van der Waals surface area contributed by atoms with E-state index < -0.39 is 0 Å². The Morgan fingerprint density at radius 2 is 2.06 bits per heavy atom. The zero-order valence-corrected chi connectivity index (χ0v) is 11.5. The average molecular weight is 242 g/mol. The van der Waals surface area contributed by atoms with Crippen molar-refractivity contribution in [2.45, 2.75) is 59.0 Å². The molecule has 0 aromatic carbocycles. The molecule has 3 atom stereocenters. The van der Waals surface area contributed by atoms with E-state index in [0.29, 0.717) is 18.4 Å². The molecule has 1 rings (SSSR count). The lowest BCUT2D eigenvalue weighted by Crippen LogP contribution is -2.27. The largest absolute Gasteiger partial charge is 0.460 e. The summed E-state index contributed by atoms with van der Waals surface area (Å²) in [6, 6.07) is 0. The highest BCUT2D eigenvalue weighted by Crippen LogP contribution is 2.41. The van der Waals surface area contributed by atoms with Gasteiger partial charge in [-0.3, -0.25) is 4.79 Å². The Kier molecular flexibility index (Phi) is 4.99. The van der Waals surface area contributed by atoms with Crippen molar-refractivity contribution in [1.29, 1.82) is 0 Å². The molecule has 1 N–H and O–H groups in total. The van der Waals surface area contributed by atoms with Gasteiger partial charge in [0.1, 0.15) is 5.60 Å². The van der Waals surface area contributed by atoms with Crippen molar-refractivity contribution in [2.24, 2.45) is 17.8 Å². The zero-order chi connectivity index (χ0) is 13.1. The first-order valence-corrected chi connectivity index (χ1v) is 6.67. The summed E-state index contributed by atoms with van der Waals surface area (Å²) in [6.45, 7) is 7.95. The van der Waals surface area contributed by atoms with Crippen molar-refractivity contribution in [3.63, 3.8) is 0 Å². The quantitative estimate of drug-likeness (QED) is 0.728. The van der Waals surface area contributed by atoms with Gasteiger partial charge in [-0.25, -0.2) is 0 Å². The number of hydrogen-bond acceptors (Lipinski definition) is 3. The average Bonchev–Trinajstić information content (AvgIpc) is 2.93. The molecule has 0 amide bonds. The van der Waals surface area contributed by atoms with Crippen molar-refractivity contribution in [1.82, 2.24) is 0 Å². The summed E-state index contributed by atoms with van der Waals surface area (Å²) >= 11 is 0. The first-order valence-electron chi connectivity index (χ1n) is 6.67. The molecule has 1 unspecified atom stereocenters. The van der Waals surface area contributed by atoms with Gasteiger partial charge in [0, 0.05) is 6.61 Å². The Morgan fingerprint density at radius 1 is 1.41 bits per heavy atom. The van der Waals surface area contributed by atoms with E-state index >= 15 is 0 Å². The topological polar surface area (TPSA) is 46.5 Å².